The number of benzene rings is 1. The molecule has 0 saturated carbocycles. The summed E-state index contributed by atoms with van der Waals surface area (Å²) in [5, 5.41) is 0. The predicted molar refractivity (Wildman–Crippen MR) is 54.2 cm³/mol. The van der Waals surface area contributed by atoms with E-state index < -0.39 is 10.8 Å². The van der Waals surface area contributed by atoms with Crippen LogP contribution < -0.4 is 0 Å². The van der Waals surface area contributed by atoms with Gasteiger partial charge in [0, 0.05) is 0 Å². The fraction of sp³-hybridized carbons (Fsp3) is 0.400. The minimum Gasteiger partial charge on any atom is -0.102 e. The summed E-state index contributed by atoms with van der Waals surface area (Å²) in [7, 11) is -1.18. The summed E-state index contributed by atoms with van der Waals surface area (Å²) in [5.41, 5.74) is 1.30. The van der Waals surface area contributed by atoms with E-state index in [4.69, 9.17) is 0 Å². The molecule has 1 aromatic carbocycles. The lowest BCUT2D eigenvalue weighted by Gasteiger charge is -2.03. The Balaban J connectivity index is 2.93. The molecule has 1 aromatic rings. The zero-order valence-electron chi connectivity index (χ0n) is 7.74. The Morgan fingerprint density at radius 3 is 2.00 bits per heavy atom. The van der Waals surface area contributed by atoms with Crippen LogP contribution in [-0.4, -0.2) is 6.26 Å². The summed E-state index contributed by atoms with van der Waals surface area (Å²) < 4.78 is 11.1. The maximum absolute atomic E-state index is 11.1. The third-order valence-corrected chi connectivity index (χ3v) is 2.95. The van der Waals surface area contributed by atoms with Gasteiger partial charge in [0.15, 0.2) is 4.90 Å². The first-order chi connectivity index (χ1) is 5.61. The monoisotopic (exact) mass is 183 g/mol. The third-order valence-electron chi connectivity index (χ3n) is 1.92. The first kappa shape index (κ1) is 9.46. The lowest BCUT2D eigenvalue weighted by molar-refractivity contribution is 0.598. The Hall–Kier alpha value is -0.630. The van der Waals surface area contributed by atoms with E-state index in [1.807, 2.05) is 12.1 Å². The van der Waals surface area contributed by atoms with Crippen molar-refractivity contribution in [1.29, 1.82) is 0 Å². The fourth-order valence-corrected chi connectivity index (χ4v) is 1.64. The molecule has 12 heavy (non-hydrogen) atoms. The molecule has 0 bridgehead atoms. The second-order valence-corrected chi connectivity index (χ2v) is 4.76. The number of thiol groups is 1. The highest BCUT2D eigenvalue weighted by atomic mass is 32.2. The Bertz CT molecular complexity index is 274. The van der Waals surface area contributed by atoms with Crippen LogP contribution >= 0.6 is 0 Å². The van der Waals surface area contributed by atoms with Crippen LogP contribution in [0.4, 0.5) is 0 Å². The largest absolute Gasteiger partial charge is 0.155 e. The van der Waals surface area contributed by atoms with Crippen molar-refractivity contribution >= 4 is 10.8 Å². The number of rotatable bonds is 2. The van der Waals surface area contributed by atoms with Gasteiger partial charge in [-0.25, -0.2) is 0 Å². The fourth-order valence-electron chi connectivity index (χ4n) is 1.07. The average Bonchev–Trinajstić information content (AvgIpc) is 2.04. The number of hydrogen-bond donors (Lipinski definition) is 0. The molecule has 0 aromatic heterocycles. The van der Waals surface area contributed by atoms with Crippen LogP contribution in [0.25, 0.3) is 0 Å². The van der Waals surface area contributed by atoms with E-state index in [1.165, 1.54) is 5.56 Å². The topological polar surface area (TPSA) is 17.1 Å². The molecule has 0 amide bonds. The van der Waals surface area contributed by atoms with Crippen molar-refractivity contribution < 1.29 is 4.21 Å². The van der Waals surface area contributed by atoms with Crippen LogP contribution in [0, 0.1) is 0 Å². The highest BCUT2D eigenvalue weighted by Crippen LogP contribution is 2.15. The second-order valence-electron chi connectivity index (χ2n) is 3.24. The standard InChI is InChI=1S/C10H14OS/c1-8(2)9-4-6-10(7-5-9)12(3)11/h4-8H,1-3H3/p+1. The lowest BCUT2D eigenvalue weighted by Crippen LogP contribution is -1.89. The van der Waals surface area contributed by atoms with Gasteiger partial charge in [0.1, 0.15) is 17.1 Å². The molecule has 1 nitrogen and oxygen atoms in total. The van der Waals surface area contributed by atoms with Gasteiger partial charge in [-0.1, -0.05) is 26.0 Å². The molecule has 1 unspecified atom stereocenters. The Morgan fingerprint density at radius 1 is 1.17 bits per heavy atom. The number of hydrogen-bond acceptors (Lipinski definition) is 1. The van der Waals surface area contributed by atoms with Crippen LogP contribution in [0.3, 0.4) is 0 Å². The molecule has 0 aliphatic heterocycles. The zero-order chi connectivity index (χ0) is 9.14. The van der Waals surface area contributed by atoms with Gasteiger partial charge >= 0.3 is 0 Å². The van der Waals surface area contributed by atoms with Crippen LogP contribution in [0.5, 0.6) is 0 Å². The first-order valence-corrected chi connectivity index (χ1v) is 5.82. The summed E-state index contributed by atoms with van der Waals surface area (Å²) >= 11 is 0. The molecule has 0 saturated heterocycles. The Kier molecular flexibility index (Phi) is 3.04. The van der Waals surface area contributed by atoms with E-state index in [1.54, 1.807) is 6.26 Å². The summed E-state index contributed by atoms with van der Waals surface area (Å²) in [6.45, 7) is 4.31. The summed E-state index contributed by atoms with van der Waals surface area (Å²) in [6.07, 6.45) is 1.74. The van der Waals surface area contributed by atoms with Crippen molar-refractivity contribution in [2.75, 3.05) is 6.26 Å². The minimum absolute atomic E-state index is 0.550. The van der Waals surface area contributed by atoms with Gasteiger partial charge < -0.3 is 0 Å². The van der Waals surface area contributed by atoms with Crippen molar-refractivity contribution in [3.8, 4) is 0 Å². The molecule has 1 atom stereocenters. The average molecular weight is 183 g/mol. The van der Waals surface area contributed by atoms with E-state index in [9.17, 15) is 4.21 Å². The van der Waals surface area contributed by atoms with Gasteiger partial charge in [0.2, 0.25) is 0 Å². The maximum Gasteiger partial charge on any atom is 0.155 e. The first-order valence-electron chi connectivity index (χ1n) is 4.12. The molecule has 66 valence electrons. The minimum atomic E-state index is -1.18. The lowest BCUT2D eigenvalue weighted by atomic mass is 10.0. The molecule has 0 N–H and O–H groups in total. The van der Waals surface area contributed by atoms with Crippen molar-refractivity contribution in [2.24, 2.45) is 0 Å². The van der Waals surface area contributed by atoms with E-state index in [-0.39, 0.29) is 0 Å². The molecule has 0 aliphatic rings. The van der Waals surface area contributed by atoms with Gasteiger partial charge in [0.25, 0.3) is 0 Å². The molecule has 0 radical (unpaired) electrons. The van der Waals surface area contributed by atoms with Crippen LogP contribution in [-0.2, 0) is 15.0 Å². The van der Waals surface area contributed by atoms with Gasteiger partial charge in [-0.15, -0.1) is 4.21 Å². The molecule has 1 rings (SSSR count). The Labute approximate surface area is 76.3 Å². The zero-order valence-corrected chi connectivity index (χ0v) is 8.64. The second kappa shape index (κ2) is 3.85. The third kappa shape index (κ3) is 2.18. The van der Waals surface area contributed by atoms with E-state index in [0.29, 0.717) is 5.92 Å². The molecular weight excluding hydrogens is 168 g/mol. The summed E-state index contributed by atoms with van der Waals surface area (Å²) in [5.74, 6) is 0.550. The quantitative estimate of drug-likeness (QED) is 0.508. The highest BCUT2D eigenvalue weighted by molar-refractivity contribution is 7.84. The molecule has 0 spiro atoms. The normalized spacial score (nSPS) is 13.3. The molecule has 0 heterocycles. The maximum atomic E-state index is 11.1. The van der Waals surface area contributed by atoms with E-state index >= 15 is 0 Å². The van der Waals surface area contributed by atoms with Gasteiger partial charge in [-0.05, 0) is 23.6 Å². The predicted octanol–water partition coefficient (Wildman–Crippen LogP) is 2.49. The van der Waals surface area contributed by atoms with E-state index in [2.05, 4.69) is 26.0 Å². The summed E-state index contributed by atoms with van der Waals surface area (Å²) in [4.78, 5) is 0.939. The van der Waals surface area contributed by atoms with Gasteiger partial charge in [0.05, 0.1) is 0 Å². The molecular formula is C10H15OS+. The smallest absolute Gasteiger partial charge is 0.102 e. The van der Waals surface area contributed by atoms with Crippen molar-refractivity contribution in [1.82, 2.24) is 0 Å². The van der Waals surface area contributed by atoms with Crippen molar-refractivity contribution in [2.45, 2.75) is 24.7 Å². The van der Waals surface area contributed by atoms with Crippen molar-refractivity contribution in [3.05, 3.63) is 29.8 Å². The molecule has 0 fully saturated rings. The van der Waals surface area contributed by atoms with Crippen LogP contribution in [0.15, 0.2) is 29.2 Å². The highest BCUT2D eigenvalue weighted by Gasteiger charge is 2.03. The Morgan fingerprint density at radius 2 is 1.67 bits per heavy atom. The molecule has 0 aliphatic carbocycles. The van der Waals surface area contributed by atoms with Crippen molar-refractivity contribution in [3.63, 3.8) is 0 Å². The van der Waals surface area contributed by atoms with E-state index in [0.717, 1.165) is 4.90 Å². The summed E-state index contributed by atoms with van der Waals surface area (Å²) in [6, 6.07) is 8.01. The van der Waals surface area contributed by atoms with Crippen LogP contribution in [0.2, 0.25) is 0 Å². The SMILES string of the molecule is CC(C)c1ccc([SH+](C)=O)cc1. The van der Waals surface area contributed by atoms with Gasteiger partial charge in [-0.3, -0.25) is 0 Å². The molecule has 2 heteroatoms. The van der Waals surface area contributed by atoms with Gasteiger partial charge in [-0.2, -0.15) is 0 Å². The van der Waals surface area contributed by atoms with Crippen LogP contribution in [0.1, 0.15) is 25.3 Å².